The Morgan fingerprint density at radius 3 is 2.48 bits per heavy atom. The largest absolute Gasteiger partial charge is 0.329 e. The molecule has 2 N–H and O–H groups in total. The van der Waals surface area contributed by atoms with Gasteiger partial charge in [0.1, 0.15) is 0 Å². The van der Waals surface area contributed by atoms with Crippen molar-refractivity contribution in [2.45, 2.75) is 12.8 Å². The van der Waals surface area contributed by atoms with Crippen molar-refractivity contribution in [3.05, 3.63) is 68.3 Å². The van der Waals surface area contributed by atoms with Crippen molar-refractivity contribution in [2.24, 2.45) is 11.1 Å². The minimum Gasteiger partial charge on any atom is -0.329 e. The number of rotatable bonds is 5. The maximum Gasteiger partial charge on any atom is 0.0776 e. The second-order valence-electron chi connectivity index (χ2n) is 5.17. The summed E-state index contributed by atoms with van der Waals surface area (Å²) in [6, 6.07) is 18.2. The summed E-state index contributed by atoms with van der Waals surface area (Å²) < 4.78 is 1.11. The lowest BCUT2D eigenvalue weighted by atomic mass is 9.78. The molecule has 0 spiro atoms. The van der Waals surface area contributed by atoms with Crippen LogP contribution in [0.3, 0.4) is 0 Å². The van der Waals surface area contributed by atoms with Crippen molar-refractivity contribution in [3.8, 4) is 6.07 Å². The van der Waals surface area contributed by atoms with Gasteiger partial charge in [-0.05, 0) is 64.8 Å². The predicted molar refractivity (Wildman–Crippen MR) is 95.1 cm³/mol. The monoisotopic (exact) mass is 410 g/mol. The van der Waals surface area contributed by atoms with Crippen molar-refractivity contribution in [1.29, 1.82) is 5.26 Å². The zero-order valence-electron chi connectivity index (χ0n) is 11.5. The number of hydrogen-bond acceptors (Lipinski definition) is 2. The summed E-state index contributed by atoms with van der Waals surface area (Å²) in [6.07, 6.45) is 1.25. The molecule has 2 rings (SSSR count). The maximum absolute atomic E-state index is 9.69. The molecule has 0 saturated carbocycles. The van der Waals surface area contributed by atoms with Gasteiger partial charge >= 0.3 is 0 Å². The summed E-state index contributed by atoms with van der Waals surface area (Å²) in [4.78, 5) is 0. The van der Waals surface area contributed by atoms with Crippen molar-refractivity contribution in [1.82, 2.24) is 0 Å². The summed E-state index contributed by atoms with van der Waals surface area (Å²) >= 11 is 8.35. The average Bonchev–Trinajstić information content (AvgIpc) is 2.51. The van der Waals surface area contributed by atoms with E-state index < -0.39 is 5.41 Å². The molecule has 0 aliphatic heterocycles. The first-order valence-electron chi connectivity index (χ1n) is 6.68. The first-order valence-corrected chi connectivity index (χ1v) is 8.13. The Bertz CT molecular complexity index is 652. The Balaban J connectivity index is 2.30. The molecule has 0 aliphatic carbocycles. The summed E-state index contributed by atoms with van der Waals surface area (Å²) in [7, 11) is 0. The van der Waals surface area contributed by atoms with Gasteiger partial charge in [-0.2, -0.15) is 5.26 Å². The van der Waals surface area contributed by atoms with Gasteiger partial charge in [0, 0.05) is 15.1 Å². The number of halogens is 2. The molecule has 0 saturated heterocycles. The van der Waals surface area contributed by atoms with E-state index in [1.165, 1.54) is 0 Å². The first kappa shape index (κ1) is 16.3. The van der Waals surface area contributed by atoms with Crippen LogP contribution in [0.1, 0.15) is 11.1 Å². The highest BCUT2D eigenvalue weighted by atomic mass is 127. The van der Waals surface area contributed by atoms with E-state index in [1.54, 1.807) is 0 Å². The van der Waals surface area contributed by atoms with Crippen molar-refractivity contribution < 1.29 is 0 Å². The van der Waals surface area contributed by atoms with Crippen molar-refractivity contribution in [3.63, 3.8) is 0 Å². The zero-order chi connectivity index (χ0) is 15.3. The minimum absolute atomic E-state index is 0.320. The SMILES string of the molecule is N#C[C@](CN)(Cc1ccccc1)Cc1cc(Cl)ccc1I. The molecule has 2 aromatic carbocycles. The van der Waals surface area contributed by atoms with Crippen molar-refractivity contribution >= 4 is 34.2 Å². The van der Waals surface area contributed by atoms with E-state index in [9.17, 15) is 5.26 Å². The molecule has 1 atom stereocenters. The van der Waals surface area contributed by atoms with Gasteiger partial charge in [0.05, 0.1) is 11.5 Å². The fourth-order valence-corrected chi connectivity index (χ4v) is 3.08. The first-order chi connectivity index (χ1) is 10.1. The van der Waals surface area contributed by atoms with Crippen LogP contribution in [0.25, 0.3) is 0 Å². The Kier molecular flexibility index (Phi) is 5.63. The molecule has 0 fully saturated rings. The van der Waals surface area contributed by atoms with Crippen LogP contribution in [0.2, 0.25) is 5.02 Å². The van der Waals surface area contributed by atoms with Crippen LogP contribution in [0.4, 0.5) is 0 Å². The highest BCUT2D eigenvalue weighted by Gasteiger charge is 2.30. The molecule has 2 nitrogen and oxygen atoms in total. The van der Waals surface area contributed by atoms with Gasteiger partial charge in [-0.25, -0.2) is 0 Å². The molecule has 0 radical (unpaired) electrons. The third-order valence-electron chi connectivity index (χ3n) is 3.55. The van der Waals surface area contributed by atoms with Gasteiger partial charge in [0.25, 0.3) is 0 Å². The Morgan fingerprint density at radius 2 is 1.86 bits per heavy atom. The third-order valence-corrected chi connectivity index (χ3v) is 4.84. The molecule has 0 amide bonds. The summed E-state index contributed by atoms with van der Waals surface area (Å²) in [5.74, 6) is 0. The zero-order valence-corrected chi connectivity index (χ0v) is 14.4. The van der Waals surface area contributed by atoms with E-state index in [0.717, 1.165) is 14.7 Å². The average molecular weight is 411 g/mol. The molecule has 0 aromatic heterocycles. The Morgan fingerprint density at radius 1 is 1.14 bits per heavy atom. The van der Waals surface area contributed by atoms with E-state index in [4.69, 9.17) is 17.3 Å². The van der Waals surface area contributed by atoms with Crippen LogP contribution in [-0.4, -0.2) is 6.54 Å². The summed E-state index contributed by atoms with van der Waals surface area (Å²) in [6.45, 7) is 0.320. The number of benzene rings is 2. The quantitative estimate of drug-likeness (QED) is 0.751. The Labute approximate surface area is 144 Å². The molecule has 4 heteroatoms. The van der Waals surface area contributed by atoms with Crippen LogP contribution in [0.15, 0.2) is 48.5 Å². The molecule has 108 valence electrons. The molecular formula is C17H16ClIN2. The van der Waals surface area contributed by atoms with E-state index in [-0.39, 0.29) is 0 Å². The second kappa shape index (κ2) is 7.26. The molecular weight excluding hydrogens is 395 g/mol. The standard InChI is InChI=1S/C17H16ClIN2/c18-15-6-7-16(19)14(8-15)10-17(11-20,12-21)9-13-4-2-1-3-5-13/h1-8H,9-11,20H2/t17-/m1/s1. The number of nitrogens with two attached hydrogens (primary N) is 1. The summed E-state index contributed by atoms with van der Waals surface area (Å²) in [5.41, 5.74) is 7.54. The van der Waals surface area contributed by atoms with Crippen LogP contribution < -0.4 is 5.73 Å². The van der Waals surface area contributed by atoms with Crippen LogP contribution >= 0.6 is 34.2 Å². The number of hydrogen-bond donors (Lipinski definition) is 1. The van der Waals surface area contributed by atoms with E-state index in [2.05, 4.69) is 28.7 Å². The topological polar surface area (TPSA) is 49.8 Å². The maximum atomic E-state index is 9.69. The lowest BCUT2D eigenvalue weighted by Crippen LogP contribution is -2.34. The molecule has 0 heterocycles. The van der Waals surface area contributed by atoms with E-state index >= 15 is 0 Å². The van der Waals surface area contributed by atoms with Crippen LogP contribution in [0.5, 0.6) is 0 Å². The van der Waals surface area contributed by atoms with Gasteiger partial charge in [-0.3, -0.25) is 0 Å². The van der Waals surface area contributed by atoms with Gasteiger partial charge in [0.2, 0.25) is 0 Å². The fraction of sp³-hybridized carbons (Fsp3) is 0.235. The number of nitrogens with zero attached hydrogens (tertiary/aromatic N) is 1. The lowest BCUT2D eigenvalue weighted by Gasteiger charge is -2.26. The fourth-order valence-electron chi connectivity index (χ4n) is 2.36. The molecule has 0 unspecified atom stereocenters. The van der Waals surface area contributed by atoms with E-state index in [1.807, 2.05) is 48.5 Å². The molecule has 0 bridgehead atoms. The van der Waals surface area contributed by atoms with Crippen LogP contribution in [-0.2, 0) is 12.8 Å². The van der Waals surface area contributed by atoms with E-state index in [0.29, 0.717) is 24.4 Å². The van der Waals surface area contributed by atoms with Gasteiger partial charge in [0.15, 0.2) is 0 Å². The predicted octanol–water partition coefficient (Wildman–Crippen LogP) is 4.20. The highest BCUT2D eigenvalue weighted by molar-refractivity contribution is 14.1. The van der Waals surface area contributed by atoms with Gasteiger partial charge in [-0.15, -0.1) is 0 Å². The van der Waals surface area contributed by atoms with Gasteiger partial charge < -0.3 is 5.73 Å². The Hall–Kier alpha value is -1.09. The highest BCUT2D eigenvalue weighted by Crippen LogP contribution is 2.29. The smallest absolute Gasteiger partial charge is 0.0776 e. The normalized spacial score (nSPS) is 13.4. The summed E-state index contributed by atoms with van der Waals surface area (Å²) in [5, 5.41) is 10.4. The van der Waals surface area contributed by atoms with Crippen molar-refractivity contribution in [2.75, 3.05) is 6.54 Å². The lowest BCUT2D eigenvalue weighted by molar-refractivity contribution is 0.401. The van der Waals surface area contributed by atoms with Crippen LogP contribution in [0, 0.1) is 20.3 Å². The number of nitriles is 1. The molecule has 2 aromatic rings. The van der Waals surface area contributed by atoms with Gasteiger partial charge in [-0.1, -0.05) is 41.9 Å². The second-order valence-corrected chi connectivity index (χ2v) is 6.77. The molecule has 0 aliphatic rings. The minimum atomic E-state index is -0.605. The molecule has 21 heavy (non-hydrogen) atoms. The third kappa shape index (κ3) is 4.19.